The minimum Gasteiger partial charge on any atom is -0.405 e. The van der Waals surface area contributed by atoms with Crippen molar-refractivity contribution in [1.82, 2.24) is 10.6 Å². The van der Waals surface area contributed by atoms with Crippen molar-refractivity contribution in [3.05, 3.63) is 29.3 Å². The maximum absolute atomic E-state index is 12.6. The molecule has 0 aromatic heterocycles. The molecule has 1 aliphatic rings. The summed E-state index contributed by atoms with van der Waals surface area (Å²) in [6.07, 6.45) is -2.40. The van der Waals surface area contributed by atoms with Crippen LogP contribution in [0.25, 0.3) is 0 Å². The van der Waals surface area contributed by atoms with Crippen LogP contribution < -0.4 is 15.4 Å². The minimum atomic E-state index is -4.90. The molecule has 1 aliphatic carbocycles. The molecule has 0 bridgehead atoms. The quantitative estimate of drug-likeness (QED) is 0.751. The van der Waals surface area contributed by atoms with Crippen molar-refractivity contribution in [1.29, 1.82) is 5.26 Å². The number of halogens is 3. The fraction of sp³-hybridized carbons (Fsp3) is 0.571. The SMILES string of the molecule is CC(C)(C)C(=O)N[C@H]1CC[C@@H](C(=O)NCc2ccc(C#N)cc2OC(F)(F)F)CC1. The lowest BCUT2D eigenvalue weighted by atomic mass is 9.84. The second-order valence-corrected chi connectivity index (χ2v) is 8.47. The normalized spacial score (nSPS) is 19.5. The van der Waals surface area contributed by atoms with Gasteiger partial charge in [0.25, 0.3) is 0 Å². The van der Waals surface area contributed by atoms with Crippen molar-refractivity contribution in [3.8, 4) is 11.8 Å². The molecular weight excluding hydrogens is 399 g/mol. The van der Waals surface area contributed by atoms with Gasteiger partial charge < -0.3 is 15.4 Å². The molecule has 0 saturated heterocycles. The summed E-state index contributed by atoms with van der Waals surface area (Å²) in [5.41, 5.74) is -0.323. The summed E-state index contributed by atoms with van der Waals surface area (Å²) in [5.74, 6) is -1.06. The predicted molar refractivity (Wildman–Crippen MR) is 103 cm³/mol. The van der Waals surface area contributed by atoms with Crippen molar-refractivity contribution in [2.24, 2.45) is 11.3 Å². The lowest BCUT2D eigenvalue weighted by Crippen LogP contribution is -2.44. The summed E-state index contributed by atoms with van der Waals surface area (Å²) in [4.78, 5) is 24.5. The van der Waals surface area contributed by atoms with E-state index in [4.69, 9.17) is 5.26 Å². The van der Waals surface area contributed by atoms with Crippen LogP contribution in [0.2, 0.25) is 0 Å². The maximum Gasteiger partial charge on any atom is 0.573 e. The van der Waals surface area contributed by atoms with E-state index in [1.165, 1.54) is 12.1 Å². The number of ether oxygens (including phenoxy) is 1. The van der Waals surface area contributed by atoms with Gasteiger partial charge in [-0.3, -0.25) is 9.59 Å². The summed E-state index contributed by atoms with van der Waals surface area (Å²) < 4.78 is 41.9. The van der Waals surface area contributed by atoms with Crippen molar-refractivity contribution in [2.75, 3.05) is 0 Å². The zero-order valence-corrected chi connectivity index (χ0v) is 17.2. The molecule has 2 rings (SSSR count). The Kier molecular flexibility index (Phi) is 7.34. The summed E-state index contributed by atoms with van der Waals surface area (Å²) in [6.45, 7) is 5.36. The highest BCUT2D eigenvalue weighted by atomic mass is 19.4. The molecule has 0 spiro atoms. The highest BCUT2D eigenvalue weighted by Gasteiger charge is 2.33. The average Bonchev–Trinajstić information content (AvgIpc) is 2.65. The van der Waals surface area contributed by atoms with Gasteiger partial charge in [0.05, 0.1) is 11.6 Å². The Morgan fingerprint density at radius 1 is 1.17 bits per heavy atom. The lowest BCUT2D eigenvalue weighted by Gasteiger charge is -2.30. The molecule has 1 fully saturated rings. The molecule has 0 aliphatic heterocycles. The van der Waals surface area contributed by atoms with E-state index >= 15 is 0 Å². The molecule has 0 heterocycles. The second kappa shape index (κ2) is 9.37. The van der Waals surface area contributed by atoms with Crippen LogP contribution in [-0.2, 0) is 16.1 Å². The first kappa shape index (κ1) is 23.5. The Balaban J connectivity index is 1.91. The first-order valence-electron chi connectivity index (χ1n) is 9.76. The van der Waals surface area contributed by atoms with Gasteiger partial charge in [-0.05, 0) is 37.8 Å². The number of hydrogen-bond donors (Lipinski definition) is 2. The van der Waals surface area contributed by atoms with E-state index in [0.29, 0.717) is 25.7 Å². The van der Waals surface area contributed by atoms with Crippen LogP contribution in [0.3, 0.4) is 0 Å². The lowest BCUT2D eigenvalue weighted by molar-refractivity contribution is -0.274. The monoisotopic (exact) mass is 425 g/mol. The van der Waals surface area contributed by atoms with Crippen LogP contribution in [0.5, 0.6) is 5.75 Å². The number of amides is 2. The van der Waals surface area contributed by atoms with Gasteiger partial charge in [0.1, 0.15) is 5.75 Å². The van der Waals surface area contributed by atoms with Crippen molar-refractivity contribution < 1.29 is 27.5 Å². The van der Waals surface area contributed by atoms with Gasteiger partial charge in [-0.25, -0.2) is 0 Å². The molecule has 2 N–H and O–H groups in total. The summed E-state index contributed by atoms with van der Waals surface area (Å²) >= 11 is 0. The number of hydrogen-bond acceptors (Lipinski definition) is 4. The van der Waals surface area contributed by atoms with Gasteiger partial charge in [-0.2, -0.15) is 5.26 Å². The van der Waals surface area contributed by atoms with Crippen LogP contribution >= 0.6 is 0 Å². The van der Waals surface area contributed by atoms with E-state index in [1.807, 2.05) is 20.8 Å². The zero-order chi connectivity index (χ0) is 22.5. The summed E-state index contributed by atoms with van der Waals surface area (Å²) in [7, 11) is 0. The van der Waals surface area contributed by atoms with Crippen LogP contribution in [0.1, 0.15) is 57.6 Å². The van der Waals surface area contributed by atoms with E-state index in [2.05, 4.69) is 15.4 Å². The average molecular weight is 425 g/mol. The predicted octanol–water partition coefficient (Wildman–Crippen LogP) is 3.79. The van der Waals surface area contributed by atoms with Gasteiger partial charge in [0.15, 0.2) is 0 Å². The molecule has 164 valence electrons. The zero-order valence-electron chi connectivity index (χ0n) is 17.2. The van der Waals surface area contributed by atoms with Gasteiger partial charge in [-0.1, -0.05) is 26.8 Å². The molecule has 0 radical (unpaired) electrons. The highest BCUT2D eigenvalue weighted by Crippen LogP contribution is 2.29. The van der Waals surface area contributed by atoms with Gasteiger partial charge in [0, 0.05) is 29.5 Å². The Labute approximate surface area is 173 Å². The summed E-state index contributed by atoms with van der Waals surface area (Å²) in [5, 5.41) is 14.5. The third-order valence-corrected chi connectivity index (χ3v) is 4.99. The first-order chi connectivity index (χ1) is 13.9. The number of nitrogens with zero attached hydrogens (tertiary/aromatic N) is 1. The maximum atomic E-state index is 12.6. The number of nitrogens with one attached hydrogen (secondary N) is 2. The Bertz CT molecular complexity index is 818. The summed E-state index contributed by atoms with van der Waals surface area (Å²) in [6, 6.07) is 5.48. The Morgan fingerprint density at radius 2 is 1.80 bits per heavy atom. The van der Waals surface area contributed by atoms with Crippen LogP contribution in [0.15, 0.2) is 18.2 Å². The van der Waals surface area contributed by atoms with Crippen molar-refractivity contribution >= 4 is 11.8 Å². The van der Waals surface area contributed by atoms with Crippen molar-refractivity contribution in [2.45, 2.75) is 65.4 Å². The van der Waals surface area contributed by atoms with Gasteiger partial charge in [0.2, 0.25) is 11.8 Å². The molecule has 1 aromatic carbocycles. The number of carbonyl (C=O) groups excluding carboxylic acids is 2. The van der Waals surface area contributed by atoms with E-state index in [0.717, 1.165) is 6.07 Å². The highest BCUT2D eigenvalue weighted by molar-refractivity contribution is 5.82. The third kappa shape index (κ3) is 6.94. The standard InChI is InChI=1S/C21H26F3N3O3/c1-20(2,3)19(29)27-16-8-6-14(7-9-16)18(28)26-12-15-5-4-13(11-25)10-17(15)30-21(22,23)24/h4-5,10,14,16H,6-9,12H2,1-3H3,(H,26,28)(H,27,29)/t14-,16+. The molecule has 1 saturated carbocycles. The first-order valence-corrected chi connectivity index (χ1v) is 9.76. The Morgan fingerprint density at radius 3 is 2.33 bits per heavy atom. The molecule has 0 unspecified atom stereocenters. The molecule has 30 heavy (non-hydrogen) atoms. The van der Waals surface area contributed by atoms with Crippen LogP contribution in [0.4, 0.5) is 13.2 Å². The van der Waals surface area contributed by atoms with Gasteiger partial charge in [-0.15, -0.1) is 13.2 Å². The molecule has 9 heteroatoms. The minimum absolute atomic E-state index is 0.0195. The molecule has 6 nitrogen and oxygen atoms in total. The number of carbonyl (C=O) groups is 2. The Hall–Kier alpha value is -2.76. The molecule has 1 aromatic rings. The second-order valence-electron chi connectivity index (χ2n) is 8.47. The largest absolute Gasteiger partial charge is 0.573 e. The fourth-order valence-electron chi connectivity index (χ4n) is 3.22. The number of nitriles is 1. The van der Waals surface area contributed by atoms with E-state index in [9.17, 15) is 22.8 Å². The molecule has 0 atom stereocenters. The smallest absolute Gasteiger partial charge is 0.405 e. The fourth-order valence-corrected chi connectivity index (χ4v) is 3.22. The van der Waals surface area contributed by atoms with E-state index < -0.39 is 17.5 Å². The van der Waals surface area contributed by atoms with E-state index in [1.54, 1.807) is 6.07 Å². The number of benzene rings is 1. The van der Waals surface area contributed by atoms with Crippen LogP contribution in [0, 0.1) is 22.7 Å². The van der Waals surface area contributed by atoms with Gasteiger partial charge >= 0.3 is 6.36 Å². The topological polar surface area (TPSA) is 91.2 Å². The number of rotatable bonds is 5. The van der Waals surface area contributed by atoms with Crippen molar-refractivity contribution in [3.63, 3.8) is 0 Å². The number of alkyl halides is 3. The van der Waals surface area contributed by atoms with E-state index in [-0.39, 0.29) is 41.4 Å². The van der Waals surface area contributed by atoms with Crippen LogP contribution in [-0.4, -0.2) is 24.2 Å². The molecular formula is C21H26F3N3O3. The third-order valence-electron chi connectivity index (χ3n) is 4.99. The molecule has 2 amide bonds.